The molecule has 0 aliphatic carbocycles. The second-order valence-corrected chi connectivity index (χ2v) is 8.63. The van der Waals surface area contributed by atoms with Crippen LogP contribution in [0.15, 0.2) is 40.8 Å². The van der Waals surface area contributed by atoms with Crippen LogP contribution in [0.1, 0.15) is 39.6 Å². The second kappa shape index (κ2) is 6.95. The van der Waals surface area contributed by atoms with Crippen LogP contribution in [-0.4, -0.2) is 23.9 Å². The number of amides is 1. The fourth-order valence-corrected chi connectivity index (χ4v) is 5.30. The Morgan fingerprint density at radius 3 is 2.82 bits per heavy atom. The lowest BCUT2D eigenvalue weighted by atomic mass is 10.0. The number of halogens is 1. The van der Waals surface area contributed by atoms with Crippen LogP contribution in [0.5, 0.6) is 0 Å². The minimum atomic E-state index is -0.372. The van der Waals surface area contributed by atoms with Crippen LogP contribution in [-0.2, 0) is 13.0 Å². The van der Waals surface area contributed by atoms with Crippen molar-refractivity contribution >= 4 is 33.8 Å². The smallest absolute Gasteiger partial charge is 0.256 e. The van der Waals surface area contributed by atoms with Crippen molar-refractivity contribution in [3.8, 4) is 11.3 Å². The van der Waals surface area contributed by atoms with Crippen molar-refractivity contribution in [3.05, 3.63) is 63.2 Å². The first-order valence-electron chi connectivity index (χ1n) is 9.42. The van der Waals surface area contributed by atoms with Crippen molar-refractivity contribution in [2.45, 2.75) is 26.1 Å². The predicted molar refractivity (Wildman–Crippen MR) is 112 cm³/mol. The Hall–Kier alpha value is -2.28. The molecule has 0 radical (unpaired) electrons. The lowest BCUT2D eigenvalue weighted by Gasteiger charge is -2.27. The maximum Gasteiger partial charge on any atom is 0.256 e. The summed E-state index contributed by atoms with van der Waals surface area (Å²) in [7, 11) is 0. The Bertz CT molecular complexity index is 1040. The highest BCUT2D eigenvalue weighted by molar-refractivity contribution is 7.16. The van der Waals surface area contributed by atoms with Gasteiger partial charge in [-0.25, -0.2) is 0 Å². The van der Waals surface area contributed by atoms with Gasteiger partial charge in [0.1, 0.15) is 16.5 Å². The van der Waals surface area contributed by atoms with Gasteiger partial charge in [0.25, 0.3) is 5.91 Å². The fraction of sp³-hybridized carbons (Fsp3) is 0.286. The molecule has 0 saturated carbocycles. The third-order valence-electron chi connectivity index (χ3n) is 5.40. The van der Waals surface area contributed by atoms with Gasteiger partial charge in [0.15, 0.2) is 6.17 Å². The van der Waals surface area contributed by atoms with E-state index in [9.17, 15) is 4.79 Å². The summed E-state index contributed by atoms with van der Waals surface area (Å²) < 4.78 is 6.03. The number of benzene rings is 1. The number of carbonyl (C=O) groups is 1. The Balaban J connectivity index is 1.42. The summed E-state index contributed by atoms with van der Waals surface area (Å²) in [6, 6.07) is 11.3. The molecule has 28 heavy (non-hydrogen) atoms. The normalized spacial score (nSPS) is 18.9. The van der Waals surface area contributed by atoms with Crippen LogP contribution in [0.3, 0.4) is 0 Å². The Morgan fingerprint density at radius 2 is 2.04 bits per heavy atom. The molecule has 7 heteroatoms. The third-order valence-corrected chi connectivity index (χ3v) is 6.80. The van der Waals surface area contributed by atoms with Crippen molar-refractivity contribution in [3.63, 3.8) is 0 Å². The number of hydrogen-bond donors (Lipinski definition) is 2. The van der Waals surface area contributed by atoms with Crippen LogP contribution in [0.2, 0.25) is 5.02 Å². The van der Waals surface area contributed by atoms with Gasteiger partial charge in [-0.3, -0.25) is 9.69 Å². The zero-order valence-corrected chi connectivity index (χ0v) is 17.0. The van der Waals surface area contributed by atoms with E-state index in [1.807, 2.05) is 36.4 Å². The summed E-state index contributed by atoms with van der Waals surface area (Å²) in [6.45, 7) is 5.13. The van der Waals surface area contributed by atoms with Crippen LogP contribution in [0.25, 0.3) is 11.3 Å². The van der Waals surface area contributed by atoms with Crippen molar-refractivity contribution in [2.24, 2.45) is 0 Å². The highest BCUT2D eigenvalue weighted by atomic mass is 35.5. The first kappa shape index (κ1) is 17.8. The third kappa shape index (κ3) is 3.02. The fourth-order valence-electron chi connectivity index (χ4n) is 3.86. The average molecular weight is 414 g/mol. The van der Waals surface area contributed by atoms with Gasteiger partial charge >= 0.3 is 0 Å². The van der Waals surface area contributed by atoms with Gasteiger partial charge in [0.05, 0.1) is 5.56 Å². The van der Waals surface area contributed by atoms with Gasteiger partial charge in [0, 0.05) is 28.6 Å². The molecule has 2 N–H and O–H groups in total. The van der Waals surface area contributed by atoms with Crippen LogP contribution < -0.4 is 10.6 Å². The predicted octanol–water partition coefficient (Wildman–Crippen LogP) is 4.89. The topological polar surface area (TPSA) is 57.5 Å². The molecule has 1 aromatic carbocycles. The highest BCUT2D eigenvalue weighted by Crippen LogP contribution is 2.41. The number of carbonyl (C=O) groups excluding carboxylic acids is 1. The summed E-state index contributed by atoms with van der Waals surface area (Å²) in [4.78, 5) is 16.6. The zero-order chi connectivity index (χ0) is 19.3. The number of fused-ring (bicyclic) bond motifs is 3. The van der Waals surface area contributed by atoms with Gasteiger partial charge in [0.2, 0.25) is 0 Å². The summed E-state index contributed by atoms with van der Waals surface area (Å²) in [5.74, 6) is 1.41. The first-order chi connectivity index (χ1) is 13.6. The zero-order valence-electron chi connectivity index (χ0n) is 15.4. The number of thiophene rings is 1. The van der Waals surface area contributed by atoms with Crippen LogP contribution >= 0.6 is 22.9 Å². The van der Waals surface area contributed by atoms with E-state index >= 15 is 0 Å². The molecule has 1 atom stereocenters. The molecule has 2 aliphatic rings. The molecule has 5 rings (SSSR count). The molecular formula is C21H20ClN3O2S. The van der Waals surface area contributed by atoms with Gasteiger partial charge < -0.3 is 15.1 Å². The van der Waals surface area contributed by atoms with Gasteiger partial charge in [-0.1, -0.05) is 18.5 Å². The molecule has 0 saturated heterocycles. The molecule has 0 bridgehead atoms. The van der Waals surface area contributed by atoms with E-state index in [0.717, 1.165) is 47.9 Å². The van der Waals surface area contributed by atoms with Crippen LogP contribution in [0, 0.1) is 0 Å². The summed E-state index contributed by atoms with van der Waals surface area (Å²) >= 11 is 7.66. The van der Waals surface area contributed by atoms with Crippen LogP contribution in [0.4, 0.5) is 5.00 Å². The molecule has 144 valence electrons. The minimum Gasteiger partial charge on any atom is -0.457 e. The molecule has 0 fully saturated rings. The number of rotatable bonds is 3. The molecule has 1 amide bonds. The van der Waals surface area contributed by atoms with E-state index in [4.69, 9.17) is 16.0 Å². The molecule has 3 aromatic rings. The molecule has 5 nitrogen and oxygen atoms in total. The first-order valence-corrected chi connectivity index (χ1v) is 10.6. The lowest BCUT2D eigenvalue weighted by molar-refractivity contribution is 0.0930. The van der Waals surface area contributed by atoms with E-state index < -0.39 is 0 Å². The van der Waals surface area contributed by atoms with Crippen molar-refractivity contribution in [1.29, 1.82) is 0 Å². The summed E-state index contributed by atoms with van der Waals surface area (Å²) in [6.07, 6.45) is 0.555. The lowest BCUT2D eigenvalue weighted by Crippen LogP contribution is -2.38. The average Bonchev–Trinajstić information content (AvgIpc) is 3.32. The Morgan fingerprint density at radius 1 is 1.21 bits per heavy atom. The van der Waals surface area contributed by atoms with E-state index in [2.05, 4.69) is 22.5 Å². The monoisotopic (exact) mass is 413 g/mol. The van der Waals surface area contributed by atoms with Gasteiger partial charge in [-0.15, -0.1) is 11.3 Å². The van der Waals surface area contributed by atoms with Crippen molar-refractivity contribution < 1.29 is 9.21 Å². The number of likely N-dealkylation sites (N-methyl/N-ethyl adjacent to an activating group) is 1. The minimum absolute atomic E-state index is 0.0226. The maximum absolute atomic E-state index is 12.9. The molecule has 0 unspecified atom stereocenters. The largest absolute Gasteiger partial charge is 0.457 e. The number of nitrogens with one attached hydrogen (secondary N) is 2. The molecule has 2 aliphatic heterocycles. The highest BCUT2D eigenvalue weighted by Gasteiger charge is 2.34. The number of anilines is 1. The molecule has 0 spiro atoms. The van der Waals surface area contributed by atoms with E-state index in [0.29, 0.717) is 10.8 Å². The molecule has 2 aromatic heterocycles. The van der Waals surface area contributed by atoms with Crippen molar-refractivity contribution in [2.75, 3.05) is 18.4 Å². The Labute approximate surface area is 172 Å². The van der Waals surface area contributed by atoms with E-state index in [1.165, 1.54) is 10.4 Å². The number of hydrogen-bond acceptors (Lipinski definition) is 5. The standard InChI is InChI=1S/C21H20ClN3O2S/c1-2-25-10-9-14-17(11-25)28-21-18(14)20(26)23-19(24-21)16-8-7-15(27-16)12-3-5-13(22)6-4-12/h3-8,19,24H,2,9-11H2,1H3,(H,23,26)/t19-/m0/s1. The summed E-state index contributed by atoms with van der Waals surface area (Å²) in [5.41, 5.74) is 2.97. The maximum atomic E-state index is 12.9. The summed E-state index contributed by atoms with van der Waals surface area (Å²) in [5, 5.41) is 8.15. The molecule has 4 heterocycles. The quantitative estimate of drug-likeness (QED) is 0.641. The SMILES string of the molecule is CCN1CCc2c(sc3c2C(=O)N[C@H](c2ccc(-c4ccc(Cl)cc4)o2)N3)C1. The molecular weight excluding hydrogens is 394 g/mol. The van der Waals surface area contributed by atoms with E-state index in [-0.39, 0.29) is 12.1 Å². The van der Waals surface area contributed by atoms with E-state index in [1.54, 1.807) is 11.3 Å². The Kier molecular flexibility index (Phi) is 4.42. The number of furan rings is 1. The second-order valence-electron chi connectivity index (χ2n) is 7.09. The van der Waals surface area contributed by atoms with Gasteiger partial charge in [-0.2, -0.15) is 0 Å². The van der Waals surface area contributed by atoms with Gasteiger partial charge in [-0.05, 0) is 54.9 Å². The van der Waals surface area contributed by atoms with Crippen molar-refractivity contribution in [1.82, 2.24) is 10.2 Å². The number of nitrogens with zero attached hydrogens (tertiary/aromatic N) is 1.